The van der Waals surface area contributed by atoms with E-state index in [-0.39, 0.29) is 0 Å². The smallest absolute Gasteiger partial charge is 0.0531 e. The Bertz CT molecular complexity index is 286. The van der Waals surface area contributed by atoms with Gasteiger partial charge in [0.2, 0.25) is 0 Å². The summed E-state index contributed by atoms with van der Waals surface area (Å²) in [5.74, 6) is 0. The molecule has 19 heavy (non-hydrogen) atoms. The van der Waals surface area contributed by atoms with E-state index in [1.807, 2.05) is 7.11 Å². The van der Waals surface area contributed by atoms with Crippen LogP contribution in [0.4, 0.5) is 0 Å². The molecule has 1 unspecified atom stereocenters. The van der Waals surface area contributed by atoms with Gasteiger partial charge in [0, 0.05) is 44.7 Å². The second-order valence-electron chi connectivity index (χ2n) is 6.75. The van der Waals surface area contributed by atoms with Gasteiger partial charge in [-0.25, -0.2) is 0 Å². The summed E-state index contributed by atoms with van der Waals surface area (Å²) < 4.78 is 5.55. The van der Waals surface area contributed by atoms with Gasteiger partial charge in [-0.15, -0.1) is 0 Å². The first-order valence-electron chi connectivity index (χ1n) is 7.97. The van der Waals surface area contributed by atoms with E-state index in [0.29, 0.717) is 5.41 Å². The van der Waals surface area contributed by atoms with Crippen molar-refractivity contribution in [1.82, 2.24) is 15.1 Å². The Morgan fingerprint density at radius 1 is 1.21 bits per heavy atom. The number of hydrogen-bond acceptors (Lipinski definition) is 4. The maximum Gasteiger partial charge on any atom is 0.0531 e. The summed E-state index contributed by atoms with van der Waals surface area (Å²) in [5, 5.41) is 3.49. The minimum absolute atomic E-state index is 0.404. The van der Waals surface area contributed by atoms with Crippen molar-refractivity contribution in [3.8, 4) is 0 Å². The highest BCUT2D eigenvalue weighted by molar-refractivity contribution is 4.92. The van der Waals surface area contributed by atoms with Crippen molar-refractivity contribution in [1.29, 1.82) is 0 Å². The summed E-state index contributed by atoms with van der Waals surface area (Å²) in [4.78, 5) is 5.42. The summed E-state index contributed by atoms with van der Waals surface area (Å²) in [6.45, 7) is 9.66. The van der Waals surface area contributed by atoms with E-state index in [0.717, 1.165) is 25.7 Å². The van der Waals surface area contributed by atoms with Gasteiger partial charge >= 0.3 is 0 Å². The van der Waals surface area contributed by atoms with Crippen LogP contribution in [-0.2, 0) is 4.74 Å². The summed E-state index contributed by atoms with van der Waals surface area (Å²) in [5.41, 5.74) is 0.404. The Labute approximate surface area is 117 Å². The molecule has 110 valence electrons. The van der Waals surface area contributed by atoms with Crippen molar-refractivity contribution in [2.75, 3.05) is 59.5 Å². The Hall–Kier alpha value is -0.160. The Balaban J connectivity index is 1.58. The fraction of sp³-hybridized carbons (Fsp3) is 1.00. The number of piperidine rings is 1. The lowest BCUT2D eigenvalue weighted by atomic mass is 9.79. The number of nitrogens with zero attached hydrogens (tertiary/aromatic N) is 2. The molecule has 0 spiro atoms. The molecule has 0 amide bonds. The van der Waals surface area contributed by atoms with Gasteiger partial charge in [-0.1, -0.05) is 0 Å². The first-order chi connectivity index (χ1) is 9.31. The van der Waals surface area contributed by atoms with E-state index >= 15 is 0 Å². The summed E-state index contributed by atoms with van der Waals surface area (Å²) in [6.07, 6.45) is 5.36. The standard InChI is InChI=1S/C15H29N3O/c1-19-13-15(4-6-16-7-5-15)12-17-9-10-18-8-2-3-14(18)11-17/h14,16H,2-13H2,1H3. The minimum atomic E-state index is 0.404. The zero-order valence-electron chi connectivity index (χ0n) is 12.4. The van der Waals surface area contributed by atoms with Crippen LogP contribution in [0.2, 0.25) is 0 Å². The largest absolute Gasteiger partial charge is 0.384 e. The van der Waals surface area contributed by atoms with Crippen LogP contribution in [0.5, 0.6) is 0 Å². The maximum atomic E-state index is 5.55. The molecule has 3 saturated heterocycles. The second kappa shape index (κ2) is 6.08. The lowest BCUT2D eigenvalue weighted by Crippen LogP contribution is -2.55. The molecule has 1 atom stereocenters. The van der Waals surface area contributed by atoms with Crippen LogP contribution < -0.4 is 5.32 Å². The molecule has 3 heterocycles. The zero-order chi connectivity index (χ0) is 13.1. The van der Waals surface area contributed by atoms with E-state index in [9.17, 15) is 0 Å². The fourth-order valence-electron chi connectivity index (χ4n) is 4.28. The predicted octanol–water partition coefficient (Wildman–Crippen LogP) is 0.783. The van der Waals surface area contributed by atoms with Crippen molar-refractivity contribution in [2.45, 2.75) is 31.7 Å². The molecule has 0 bridgehead atoms. The van der Waals surface area contributed by atoms with Crippen LogP contribution in [0.3, 0.4) is 0 Å². The van der Waals surface area contributed by atoms with E-state index in [1.165, 1.54) is 58.4 Å². The third-order valence-electron chi connectivity index (χ3n) is 5.35. The van der Waals surface area contributed by atoms with Gasteiger partial charge in [0.1, 0.15) is 0 Å². The molecule has 3 aliphatic heterocycles. The first kappa shape index (κ1) is 13.8. The van der Waals surface area contributed by atoms with E-state index in [2.05, 4.69) is 15.1 Å². The van der Waals surface area contributed by atoms with Crippen molar-refractivity contribution in [3.63, 3.8) is 0 Å². The van der Waals surface area contributed by atoms with E-state index in [1.54, 1.807) is 0 Å². The second-order valence-corrected chi connectivity index (χ2v) is 6.75. The molecule has 0 aliphatic carbocycles. The molecule has 0 aromatic heterocycles. The van der Waals surface area contributed by atoms with Gasteiger partial charge in [-0.3, -0.25) is 9.80 Å². The van der Waals surface area contributed by atoms with Gasteiger partial charge in [0.05, 0.1) is 6.61 Å². The van der Waals surface area contributed by atoms with Crippen molar-refractivity contribution in [2.24, 2.45) is 5.41 Å². The predicted molar refractivity (Wildman–Crippen MR) is 77.4 cm³/mol. The number of ether oxygens (including phenoxy) is 1. The Morgan fingerprint density at radius 2 is 2.05 bits per heavy atom. The molecule has 3 fully saturated rings. The molecule has 0 aromatic carbocycles. The van der Waals surface area contributed by atoms with Crippen LogP contribution in [0.25, 0.3) is 0 Å². The third kappa shape index (κ3) is 3.13. The summed E-state index contributed by atoms with van der Waals surface area (Å²) in [7, 11) is 1.86. The summed E-state index contributed by atoms with van der Waals surface area (Å²) in [6, 6.07) is 0.843. The topological polar surface area (TPSA) is 27.7 Å². The monoisotopic (exact) mass is 267 g/mol. The average molecular weight is 267 g/mol. The Kier molecular flexibility index (Phi) is 4.42. The van der Waals surface area contributed by atoms with Gasteiger partial charge in [0.25, 0.3) is 0 Å². The van der Waals surface area contributed by atoms with Gasteiger partial charge < -0.3 is 10.1 Å². The van der Waals surface area contributed by atoms with Crippen LogP contribution in [0, 0.1) is 5.41 Å². The van der Waals surface area contributed by atoms with Crippen LogP contribution in [-0.4, -0.2) is 75.4 Å². The normalized spacial score (nSPS) is 32.4. The fourth-order valence-corrected chi connectivity index (χ4v) is 4.28. The molecule has 3 aliphatic rings. The van der Waals surface area contributed by atoms with Crippen molar-refractivity contribution < 1.29 is 4.74 Å². The molecule has 4 heteroatoms. The lowest BCUT2D eigenvalue weighted by molar-refractivity contribution is 0.00171. The third-order valence-corrected chi connectivity index (χ3v) is 5.35. The highest BCUT2D eigenvalue weighted by Crippen LogP contribution is 2.32. The number of methoxy groups -OCH3 is 1. The first-order valence-corrected chi connectivity index (χ1v) is 7.97. The molecule has 4 nitrogen and oxygen atoms in total. The number of fused-ring (bicyclic) bond motifs is 1. The molecular formula is C15H29N3O. The van der Waals surface area contributed by atoms with Crippen molar-refractivity contribution >= 4 is 0 Å². The van der Waals surface area contributed by atoms with Gasteiger partial charge in [-0.2, -0.15) is 0 Å². The van der Waals surface area contributed by atoms with E-state index < -0.39 is 0 Å². The van der Waals surface area contributed by atoms with E-state index in [4.69, 9.17) is 4.74 Å². The number of piperazine rings is 1. The van der Waals surface area contributed by atoms with Crippen LogP contribution in [0.1, 0.15) is 25.7 Å². The van der Waals surface area contributed by atoms with Gasteiger partial charge in [-0.05, 0) is 45.3 Å². The molecule has 0 radical (unpaired) electrons. The zero-order valence-corrected chi connectivity index (χ0v) is 12.4. The number of rotatable bonds is 4. The molecule has 0 aromatic rings. The highest BCUT2D eigenvalue weighted by atomic mass is 16.5. The minimum Gasteiger partial charge on any atom is -0.384 e. The molecular weight excluding hydrogens is 238 g/mol. The maximum absolute atomic E-state index is 5.55. The molecule has 3 rings (SSSR count). The van der Waals surface area contributed by atoms with Crippen LogP contribution >= 0.6 is 0 Å². The summed E-state index contributed by atoms with van der Waals surface area (Å²) >= 11 is 0. The SMILES string of the molecule is COCC1(CN2CCN3CCCC3C2)CCNCC1. The molecule has 0 saturated carbocycles. The Morgan fingerprint density at radius 3 is 2.84 bits per heavy atom. The number of nitrogens with one attached hydrogen (secondary N) is 1. The van der Waals surface area contributed by atoms with Gasteiger partial charge in [0.15, 0.2) is 0 Å². The number of hydrogen-bond donors (Lipinski definition) is 1. The van der Waals surface area contributed by atoms with Crippen LogP contribution in [0.15, 0.2) is 0 Å². The quantitative estimate of drug-likeness (QED) is 0.815. The molecule has 1 N–H and O–H groups in total. The van der Waals surface area contributed by atoms with Crippen molar-refractivity contribution in [3.05, 3.63) is 0 Å². The average Bonchev–Trinajstić information content (AvgIpc) is 2.87. The highest BCUT2D eigenvalue weighted by Gasteiger charge is 2.37. The lowest BCUT2D eigenvalue weighted by Gasteiger charge is -2.45.